The van der Waals surface area contributed by atoms with Crippen molar-refractivity contribution in [1.29, 1.82) is 0 Å². The Bertz CT molecular complexity index is 794. The first-order valence-corrected chi connectivity index (χ1v) is 8.76. The van der Waals surface area contributed by atoms with E-state index in [0.29, 0.717) is 15.1 Å². The number of rotatable bonds is 6. The van der Waals surface area contributed by atoms with E-state index < -0.39 is 17.9 Å². The van der Waals surface area contributed by atoms with E-state index in [0.717, 1.165) is 16.7 Å². The molecule has 0 spiro atoms. The Morgan fingerprint density at radius 2 is 2.04 bits per heavy atom. The lowest BCUT2D eigenvalue weighted by atomic mass is 10.1. The van der Waals surface area contributed by atoms with Crippen molar-refractivity contribution in [3.05, 3.63) is 34.5 Å². The summed E-state index contributed by atoms with van der Waals surface area (Å²) in [6, 6.07) is 3.29. The maximum atomic E-state index is 13.3. The summed E-state index contributed by atoms with van der Waals surface area (Å²) < 4.78 is 19.5. The average Bonchev–Trinajstić information content (AvgIpc) is 2.81. The Morgan fingerprint density at radius 1 is 1.36 bits per heavy atom. The highest BCUT2D eigenvalue weighted by molar-refractivity contribution is 7.21. The summed E-state index contributed by atoms with van der Waals surface area (Å²) in [4.78, 5) is 24.3. The van der Waals surface area contributed by atoms with Crippen molar-refractivity contribution in [2.24, 2.45) is 0 Å². The fourth-order valence-electron chi connectivity index (χ4n) is 2.38. The van der Waals surface area contributed by atoms with Crippen molar-refractivity contribution >= 4 is 33.3 Å². The van der Waals surface area contributed by atoms with Crippen molar-refractivity contribution in [1.82, 2.24) is 5.32 Å². The molecule has 2 N–H and O–H groups in total. The molecule has 1 atom stereocenters. The molecule has 0 aliphatic carbocycles. The summed E-state index contributed by atoms with van der Waals surface area (Å²) in [7, 11) is 0. The fourth-order valence-corrected chi connectivity index (χ4v) is 3.52. The van der Waals surface area contributed by atoms with Gasteiger partial charge >= 0.3 is 5.97 Å². The van der Waals surface area contributed by atoms with E-state index >= 15 is 0 Å². The van der Waals surface area contributed by atoms with Crippen LogP contribution in [0, 0.1) is 12.7 Å². The summed E-state index contributed by atoms with van der Waals surface area (Å²) in [5.41, 5.74) is 0.340. The van der Waals surface area contributed by atoms with Gasteiger partial charge in [-0.15, -0.1) is 11.3 Å². The zero-order chi connectivity index (χ0) is 18.8. The molecular weight excluding hydrogens is 345 g/mol. The van der Waals surface area contributed by atoms with E-state index in [1.54, 1.807) is 13.0 Å². The number of carbonyl (C=O) groups is 2. The zero-order valence-electron chi connectivity index (χ0n) is 14.7. The molecule has 0 fully saturated rings. The monoisotopic (exact) mass is 367 g/mol. The molecule has 1 aromatic heterocycles. The number of benzene rings is 1. The van der Waals surface area contributed by atoms with Crippen LogP contribution < -0.4 is 5.32 Å². The summed E-state index contributed by atoms with van der Waals surface area (Å²) >= 11 is 1.15. The lowest BCUT2D eigenvalue weighted by molar-refractivity contribution is -0.140. The van der Waals surface area contributed by atoms with Crippen LogP contribution in [0.3, 0.4) is 0 Å². The second-order valence-electron chi connectivity index (χ2n) is 6.81. The number of amides is 1. The van der Waals surface area contributed by atoms with Crippen molar-refractivity contribution in [3.8, 4) is 0 Å². The van der Waals surface area contributed by atoms with Gasteiger partial charge in [-0.05, 0) is 50.8 Å². The van der Waals surface area contributed by atoms with Crippen LogP contribution in [0.25, 0.3) is 10.1 Å². The number of ether oxygens (including phenoxy) is 1. The third-order valence-corrected chi connectivity index (χ3v) is 4.90. The van der Waals surface area contributed by atoms with Crippen LogP contribution >= 0.6 is 11.3 Å². The van der Waals surface area contributed by atoms with Crippen molar-refractivity contribution in [2.45, 2.75) is 45.8 Å². The van der Waals surface area contributed by atoms with E-state index in [4.69, 9.17) is 4.74 Å². The smallest absolute Gasteiger partial charge is 0.326 e. The normalized spacial score (nSPS) is 13.0. The van der Waals surface area contributed by atoms with E-state index in [1.807, 2.05) is 20.8 Å². The molecule has 1 aromatic carbocycles. The van der Waals surface area contributed by atoms with Crippen molar-refractivity contribution in [2.75, 3.05) is 6.61 Å². The van der Waals surface area contributed by atoms with Crippen LogP contribution in [0.1, 0.15) is 42.4 Å². The first kappa shape index (κ1) is 19.3. The predicted octanol–water partition coefficient (Wildman–Crippen LogP) is 3.74. The lowest BCUT2D eigenvalue weighted by Gasteiger charge is -2.21. The average molecular weight is 367 g/mol. The number of hydrogen-bond acceptors (Lipinski definition) is 4. The molecule has 1 heterocycles. The molecule has 25 heavy (non-hydrogen) atoms. The van der Waals surface area contributed by atoms with Gasteiger partial charge in [0.2, 0.25) is 0 Å². The first-order chi connectivity index (χ1) is 11.6. The van der Waals surface area contributed by atoms with Crippen LogP contribution in [0.5, 0.6) is 0 Å². The van der Waals surface area contributed by atoms with Gasteiger partial charge in [-0.3, -0.25) is 4.79 Å². The van der Waals surface area contributed by atoms with Crippen LogP contribution in [-0.2, 0) is 9.53 Å². The summed E-state index contributed by atoms with van der Waals surface area (Å²) in [6.07, 6.45) is 0.164. The topological polar surface area (TPSA) is 75.6 Å². The molecule has 0 saturated carbocycles. The Hall–Kier alpha value is -1.99. The molecule has 0 bridgehead atoms. The van der Waals surface area contributed by atoms with Gasteiger partial charge in [-0.1, -0.05) is 6.07 Å². The third kappa shape index (κ3) is 4.99. The molecule has 0 aliphatic rings. The highest BCUT2D eigenvalue weighted by atomic mass is 32.1. The standard InChI is InChI=1S/C18H22FNO4S/c1-10-12-6-5-11(19)9-14(12)25-15(10)16(21)20-13(17(22)23)7-8-24-18(2,3)4/h5-6,9,13H,7-8H2,1-4H3,(H,20,21)(H,22,23). The largest absolute Gasteiger partial charge is 0.480 e. The highest BCUT2D eigenvalue weighted by Gasteiger charge is 2.24. The number of aryl methyl sites for hydroxylation is 1. The van der Waals surface area contributed by atoms with Crippen LogP contribution in [-0.4, -0.2) is 35.2 Å². The van der Waals surface area contributed by atoms with Gasteiger partial charge < -0.3 is 15.2 Å². The van der Waals surface area contributed by atoms with Gasteiger partial charge in [0.05, 0.1) is 10.5 Å². The molecule has 136 valence electrons. The lowest BCUT2D eigenvalue weighted by Crippen LogP contribution is -2.42. The van der Waals surface area contributed by atoms with Crippen LogP contribution in [0.15, 0.2) is 18.2 Å². The number of halogens is 1. The first-order valence-electron chi connectivity index (χ1n) is 7.95. The van der Waals surface area contributed by atoms with Crippen LogP contribution in [0.4, 0.5) is 4.39 Å². The second-order valence-corrected chi connectivity index (χ2v) is 7.86. The Labute approximate surface area is 149 Å². The van der Waals surface area contributed by atoms with E-state index in [-0.39, 0.29) is 24.4 Å². The zero-order valence-corrected chi connectivity index (χ0v) is 15.5. The molecular formula is C18H22FNO4S. The van der Waals surface area contributed by atoms with Gasteiger partial charge in [-0.25, -0.2) is 9.18 Å². The molecule has 0 radical (unpaired) electrons. The minimum absolute atomic E-state index is 0.164. The minimum Gasteiger partial charge on any atom is -0.480 e. The molecule has 1 amide bonds. The maximum absolute atomic E-state index is 13.3. The second kappa shape index (κ2) is 7.49. The van der Waals surface area contributed by atoms with E-state index in [1.165, 1.54) is 12.1 Å². The number of hydrogen-bond donors (Lipinski definition) is 2. The summed E-state index contributed by atoms with van der Waals surface area (Å²) in [5, 5.41) is 12.7. The summed E-state index contributed by atoms with van der Waals surface area (Å²) in [5.74, 6) is -1.96. The Kier molecular flexibility index (Phi) is 5.80. The van der Waals surface area contributed by atoms with Gasteiger partial charge in [0, 0.05) is 17.7 Å². The van der Waals surface area contributed by atoms with Gasteiger partial charge in [0.1, 0.15) is 11.9 Å². The molecule has 5 nitrogen and oxygen atoms in total. The van der Waals surface area contributed by atoms with E-state index in [9.17, 15) is 19.1 Å². The fraction of sp³-hybridized carbons (Fsp3) is 0.444. The molecule has 2 rings (SSSR count). The number of fused-ring (bicyclic) bond motifs is 1. The molecule has 1 unspecified atom stereocenters. The highest BCUT2D eigenvalue weighted by Crippen LogP contribution is 2.31. The van der Waals surface area contributed by atoms with Gasteiger partial charge in [-0.2, -0.15) is 0 Å². The van der Waals surface area contributed by atoms with Gasteiger partial charge in [0.15, 0.2) is 0 Å². The van der Waals surface area contributed by atoms with E-state index in [2.05, 4.69) is 5.32 Å². The number of aliphatic carboxylic acids is 1. The molecule has 2 aromatic rings. The quantitative estimate of drug-likeness (QED) is 0.816. The predicted molar refractivity (Wildman–Crippen MR) is 95.7 cm³/mol. The maximum Gasteiger partial charge on any atom is 0.326 e. The number of carboxylic acid groups (broad SMARTS) is 1. The van der Waals surface area contributed by atoms with Crippen LogP contribution in [0.2, 0.25) is 0 Å². The van der Waals surface area contributed by atoms with Crippen molar-refractivity contribution < 1.29 is 23.8 Å². The number of carbonyl (C=O) groups excluding carboxylic acids is 1. The van der Waals surface area contributed by atoms with Crippen molar-refractivity contribution in [3.63, 3.8) is 0 Å². The minimum atomic E-state index is -1.12. The number of nitrogens with one attached hydrogen (secondary N) is 1. The summed E-state index contributed by atoms with van der Waals surface area (Å²) in [6.45, 7) is 7.62. The third-order valence-electron chi connectivity index (χ3n) is 3.65. The Morgan fingerprint density at radius 3 is 2.64 bits per heavy atom. The van der Waals surface area contributed by atoms with Gasteiger partial charge in [0.25, 0.3) is 5.91 Å². The molecule has 0 aliphatic heterocycles. The molecule has 7 heteroatoms. The molecule has 0 saturated heterocycles. The SMILES string of the molecule is Cc1c(C(=O)NC(CCOC(C)(C)C)C(=O)O)sc2cc(F)ccc12. The number of carboxylic acids is 1. The number of thiophene rings is 1. The Balaban J connectivity index is 2.13.